The Bertz CT molecular complexity index is 1280. The van der Waals surface area contributed by atoms with Crippen molar-refractivity contribution < 1.29 is 9.72 Å². The zero-order valence-electron chi connectivity index (χ0n) is 17.6. The zero-order chi connectivity index (χ0) is 22.7. The number of aryl methyl sites for hydroxylation is 2. The first-order valence-electron chi connectivity index (χ1n) is 10.0. The number of hydrogen-bond acceptors (Lipinski definition) is 5. The molecule has 0 aliphatic heterocycles. The van der Waals surface area contributed by atoms with Crippen molar-refractivity contribution in [2.75, 3.05) is 0 Å². The van der Waals surface area contributed by atoms with Gasteiger partial charge in [-0.2, -0.15) is 5.10 Å². The van der Waals surface area contributed by atoms with Crippen LogP contribution in [0.2, 0.25) is 0 Å². The smallest absolute Gasteiger partial charge is 0.270 e. The molecule has 0 saturated heterocycles. The van der Waals surface area contributed by atoms with Crippen molar-refractivity contribution in [3.63, 3.8) is 0 Å². The van der Waals surface area contributed by atoms with Crippen LogP contribution in [-0.4, -0.2) is 25.6 Å². The lowest BCUT2D eigenvalue weighted by Crippen LogP contribution is -2.25. The highest BCUT2D eigenvalue weighted by Gasteiger charge is 2.19. The van der Waals surface area contributed by atoms with Crippen LogP contribution in [0.15, 0.2) is 72.9 Å². The first-order valence-corrected chi connectivity index (χ1v) is 10.0. The van der Waals surface area contributed by atoms with Gasteiger partial charge in [-0.15, -0.1) is 0 Å². The third kappa shape index (κ3) is 4.39. The van der Waals surface area contributed by atoms with Crippen LogP contribution in [0.1, 0.15) is 27.3 Å². The molecule has 8 nitrogen and oxygen atoms in total. The van der Waals surface area contributed by atoms with Gasteiger partial charge in [0, 0.05) is 23.9 Å². The molecule has 0 fully saturated rings. The Morgan fingerprint density at radius 1 is 1.03 bits per heavy atom. The minimum atomic E-state index is -0.464. The van der Waals surface area contributed by atoms with Crippen molar-refractivity contribution in [2.45, 2.75) is 20.4 Å². The Hall–Kier alpha value is -4.33. The third-order valence-corrected chi connectivity index (χ3v) is 5.21. The van der Waals surface area contributed by atoms with E-state index >= 15 is 0 Å². The highest BCUT2D eigenvalue weighted by atomic mass is 16.6. The predicted molar refractivity (Wildman–Crippen MR) is 121 cm³/mol. The Morgan fingerprint density at radius 3 is 2.47 bits per heavy atom. The number of benzene rings is 2. The summed E-state index contributed by atoms with van der Waals surface area (Å²) >= 11 is 0. The monoisotopic (exact) mass is 427 g/mol. The van der Waals surface area contributed by atoms with Crippen molar-refractivity contribution in [2.24, 2.45) is 0 Å². The number of aromatic nitrogens is 3. The summed E-state index contributed by atoms with van der Waals surface area (Å²) in [6.07, 6.45) is 1.67. The van der Waals surface area contributed by atoms with Crippen LogP contribution >= 0.6 is 0 Å². The quantitative estimate of drug-likeness (QED) is 0.363. The third-order valence-electron chi connectivity index (χ3n) is 5.21. The molecule has 0 atom stereocenters. The normalized spacial score (nSPS) is 10.7. The first kappa shape index (κ1) is 20.9. The van der Waals surface area contributed by atoms with Gasteiger partial charge in [0.1, 0.15) is 5.69 Å². The first-order chi connectivity index (χ1) is 15.4. The van der Waals surface area contributed by atoms with Crippen LogP contribution < -0.4 is 5.32 Å². The topological polar surface area (TPSA) is 103 Å². The summed E-state index contributed by atoms with van der Waals surface area (Å²) in [5.41, 5.74) is 5.37. The van der Waals surface area contributed by atoms with Crippen molar-refractivity contribution in [1.82, 2.24) is 20.1 Å². The van der Waals surface area contributed by atoms with Crippen molar-refractivity contribution in [3.8, 4) is 16.9 Å². The number of rotatable bonds is 6. The molecule has 4 rings (SSSR count). The average Bonchev–Trinajstić information content (AvgIpc) is 3.25. The standard InChI is InChI=1S/C24H21N5O3/c1-16-6-7-18(13-17(16)2)22-14-23(24(30)26-15-19-5-3-4-12-25-19)28(27-22)20-8-10-21(11-9-20)29(31)32/h3-14H,15H2,1-2H3,(H,26,30). The van der Waals surface area contributed by atoms with Gasteiger partial charge in [-0.05, 0) is 61.4 Å². The summed E-state index contributed by atoms with van der Waals surface area (Å²) in [6, 6.07) is 19.1. The summed E-state index contributed by atoms with van der Waals surface area (Å²) in [4.78, 5) is 27.8. The fourth-order valence-corrected chi connectivity index (χ4v) is 3.26. The van der Waals surface area contributed by atoms with E-state index in [0.717, 1.165) is 22.4 Å². The van der Waals surface area contributed by atoms with Gasteiger partial charge >= 0.3 is 0 Å². The van der Waals surface area contributed by atoms with Crippen molar-refractivity contribution >= 4 is 11.6 Å². The summed E-state index contributed by atoms with van der Waals surface area (Å²) in [7, 11) is 0. The maximum atomic E-state index is 13.0. The summed E-state index contributed by atoms with van der Waals surface area (Å²) < 4.78 is 1.50. The Kier molecular flexibility index (Phi) is 5.76. The fourth-order valence-electron chi connectivity index (χ4n) is 3.26. The number of nitro benzene ring substituents is 1. The van der Waals surface area contributed by atoms with E-state index < -0.39 is 4.92 Å². The molecule has 0 bridgehead atoms. The molecular weight excluding hydrogens is 406 g/mol. The van der Waals surface area contributed by atoms with Crippen LogP contribution in [-0.2, 0) is 6.54 Å². The molecule has 0 saturated carbocycles. The molecule has 8 heteroatoms. The maximum absolute atomic E-state index is 13.0. The number of pyridine rings is 1. The number of carbonyl (C=O) groups excluding carboxylic acids is 1. The number of hydrogen-bond donors (Lipinski definition) is 1. The van der Waals surface area contributed by atoms with Crippen LogP contribution in [0.4, 0.5) is 5.69 Å². The SMILES string of the molecule is Cc1ccc(-c2cc(C(=O)NCc3ccccn3)n(-c3ccc([N+](=O)[O-])cc3)n2)cc1C. The van der Waals surface area contributed by atoms with Gasteiger partial charge < -0.3 is 5.32 Å². The van der Waals surface area contributed by atoms with Gasteiger partial charge in [-0.25, -0.2) is 4.68 Å². The largest absolute Gasteiger partial charge is 0.345 e. The van der Waals surface area contributed by atoms with E-state index in [1.54, 1.807) is 24.4 Å². The lowest BCUT2D eigenvalue weighted by atomic mass is 10.0. The average molecular weight is 427 g/mol. The van der Waals surface area contributed by atoms with Crippen LogP contribution in [0, 0.1) is 24.0 Å². The second-order valence-electron chi connectivity index (χ2n) is 7.40. The molecule has 4 aromatic rings. The Morgan fingerprint density at radius 2 is 1.81 bits per heavy atom. The maximum Gasteiger partial charge on any atom is 0.270 e. The van der Waals surface area contributed by atoms with Gasteiger partial charge in [0.2, 0.25) is 0 Å². The molecule has 1 amide bonds. The van der Waals surface area contributed by atoms with E-state index in [-0.39, 0.29) is 18.1 Å². The van der Waals surface area contributed by atoms with Crippen LogP contribution in [0.5, 0.6) is 0 Å². The van der Waals surface area contributed by atoms with Gasteiger partial charge in [0.05, 0.1) is 28.5 Å². The van der Waals surface area contributed by atoms with E-state index in [1.165, 1.54) is 16.8 Å². The molecule has 2 aromatic heterocycles. The predicted octanol–water partition coefficient (Wildman–Crippen LogP) is 4.39. The highest BCUT2D eigenvalue weighted by Crippen LogP contribution is 2.25. The van der Waals surface area contributed by atoms with E-state index in [2.05, 4.69) is 15.4 Å². The number of nitrogens with zero attached hydrogens (tertiary/aromatic N) is 4. The molecule has 0 aliphatic carbocycles. The number of nitrogens with one attached hydrogen (secondary N) is 1. The number of carbonyl (C=O) groups is 1. The van der Waals surface area contributed by atoms with Gasteiger partial charge in [-0.3, -0.25) is 19.9 Å². The van der Waals surface area contributed by atoms with Crippen molar-refractivity contribution in [1.29, 1.82) is 0 Å². The highest BCUT2D eigenvalue weighted by molar-refractivity contribution is 5.94. The molecule has 0 aliphatic rings. The second-order valence-corrected chi connectivity index (χ2v) is 7.40. The lowest BCUT2D eigenvalue weighted by molar-refractivity contribution is -0.384. The van der Waals surface area contributed by atoms with Gasteiger partial charge in [0.15, 0.2) is 0 Å². The molecule has 32 heavy (non-hydrogen) atoms. The summed E-state index contributed by atoms with van der Waals surface area (Å²) in [5, 5.41) is 18.5. The molecule has 0 unspecified atom stereocenters. The number of nitro groups is 1. The van der Waals surface area contributed by atoms with Crippen LogP contribution in [0.25, 0.3) is 16.9 Å². The minimum absolute atomic E-state index is 0.0311. The molecule has 2 aromatic carbocycles. The summed E-state index contributed by atoms with van der Waals surface area (Å²) in [6.45, 7) is 4.32. The summed E-state index contributed by atoms with van der Waals surface area (Å²) in [5.74, 6) is -0.323. The van der Waals surface area contributed by atoms with E-state index in [4.69, 9.17) is 0 Å². The van der Waals surface area contributed by atoms with E-state index in [1.807, 2.05) is 50.2 Å². The molecule has 0 radical (unpaired) electrons. The van der Waals surface area contributed by atoms with E-state index in [9.17, 15) is 14.9 Å². The van der Waals surface area contributed by atoms with E-state index in [0.29, 0.717) is 17.1 Å². The minimum Gasteiger partial charge on any atom is -0.345 e. The molecule has 0 spiro atoms. The number of non-ortho nitro benzene ring substituents is 1. The molecule has 2 heterocycles. The Labute approximate surface area is 184 Å². The molecule has 1 N–H and O–H groups in total. The fraction of sp³-hybridized carbons (Fsp3) is 0.125. The zero-order valence-corrected chi connectivity index (χ0v) is 17.6. The van der Waals surface area contributed by atoms with Gasteiger partial charge in [-0.1, -0.05) is 18.2 Å². The lowest BCUT2D eigenvalue weighted by Gasteiger charge is -2.08. The van der Waals surface area contributed by atoms with Crippen LogP contribution in [0.3, 0.4) is 0 Å². The molecule has 160 valence electrons. The molecular formula is C24H21N5O3. The Balaban J connectivity index is 1.72. The van der Waals surface area contributed by atoms with Crippen molar-refractivity contribution in [3.05, 3.63) is 106 Å². The van der Waals surface area contributed by atoms with Gasteiger partial charge in [0.25, 0.3) is 11.6 Å². The second kappa shape index (κ2) is 8.81. The number of amides is 1.